The highest BCUT2D eigenvalue weighted by Crippen LogP contribution is 2.34. The molecule has 1 aromatic heterocycles. The first-order valence-corrected chi connectivity index (χ1v) is 13.8. The monoisotopic (exact) mass is 555 g/mol. The van der Waals surface area contributed by atoms with E-state index in [9.17, 15) is 9.59 Å². The maximum Gasteiger partial charge on any atom is 0.249 e. The molecule has 0 fully saturated rings. The number of hydrogen-bond donors (Lipinski definition) is 3. The molecule has 214 valence electrons. The van der Waals surface area contributed by atoms with Crippen molar-refractivity contribution in [3.8, 4) is 11.5 Å². The number of amides is 2. The van der Waals surface area contributed by atoms with E-state index in [-0.39, 0.29) is 24.5 Å². The highest BCUT2D eigenvalue weighted by molar-refractivity contribution is 5.91. The van der Waals surface area contributed by atoms with Crippen molar-refractivity contribution in [1.29, 1.82) is 0 Å². The van der Waals surface area contributed by atoms with Crippen LogP contribution in [0.2, 0.25) is 0 Å². The molecule has 1 heterocycles. The molecule has 41 heavy (non-hydrogen) atoms. The van der Waals surface area contributed by atoms with E-state index in [1.54, 1.807) is 31.5 Å². The van der Waals surface area contributed by atoms with Crippen molar-refractivity contribution in [2.45, 2.75) is 52.8 Å². The smallest absolute Gasteiger partial charge is 0.249 e. The van der Waals surface area contributed by atoms with Crippen LogP contribution in [-0.2, 0) is 16.1 Å². The minimum Gasteiger partial charge on any atom is -0.490 e. The molecule has 0 aliphatic carbocycles. The number of aromatic nitrogens is 1. The van der Waals surface area contributed by atoms with E-state index in [0.29, 0.717) is 41.5 Å². The second-order valence-corrected chi connectivity index (χ2v) is 9.84. The molecule has 0 radical (unpaired) electrons. The van der Waals surface area contributed by atoms with E-state index < -0.39 is 6.04 Å². The van der Waals surface area contributed by atoms with Gasteiger partial charge in [-0.25, -0.2) is 5.84 Å². The molecule has 4 aromatic rings. The number of carbonyl (C=O) groups excluding carboxylic acids is 2. The van der Waals surface area contributed by atoms with E-state index in [1.165, 1.54) is 5.01 Å². The summed E-state index contributed by atoms with van der Waals surface area (Å²) in [5, 5.41) is 9.25. The zero-order chi connectivity index (χ0) is 29.4. The van der Waals surface area contributed by atoms with E-state index in [0.717, 1.165) is 16.3 Å². The maximum atomic E-state index is 13.9. The van der Waals surface area contributed by atoms with Gasteiger partial charge < -0.3 is 20.1 Å². The van der Waals surface area contributed by atoms with Gasteiger partial charge in [0.2, 0.25) is 11.8 Å². The number of fused-ring (bicyclic) bond motifs is 1. The molecule has 0 spiro atoms. The van der Waals surface area contributed by atoms with Gasteiger partial charge in [0.15, 0.2) is 11.5 Å². The summed E-state index contributed by atoms with van der Waals surface area (Å²) in [6.07, 6.45) is 3.83. The van der Waals surface area contributed by atoms with E-state index in [2.05, 4.69) is 15.6 Å². The van der Waals surface area contributed by atoms with Crippen LogP contribution in [0.15, 0.2) is 79.1 Å². The summed E-state index contributed by atoms with van der Waals surface area (Å²) >= 11 is 0. The fourth-order valence-electron chi connectivity index (χ4n) is 4.43. The van der Waals surface area contributed by atoms with E-state index in [4.69, 9.17) is 15.3 Å². The Morgan fingerprint density at radius 2 is 1.80 bits per heavy atom. The lowest BCUT2D eigenvalue weighted by Crippen LogP contribution is -2.44. The summed E-state index contributed by atoms with van der Waals surface area (Å²) in [7, 11) is 0. The van der Waals surface area contributed by atoms with Gasteiger partial charge in [0.1, 0.15) is 6.04 Å². The molecule has 0 saturated heterocycles. The van der Waals surface area contributed by atoms with Crippen molar-refractivity contribution < 1.29 is 19.1 Å². The van der Waals surface area contributed by atoms with Crippen molar-refractivity contribution in [3.05, 3.63) is 90.3 Å². The SMILES string of the molecule is CCOc1cc(C(C(=O)NCc2cccc(NC(=O)CC)c2)N(N)c2ccc3cnccc3c2)ccc1OC(C)C. The number of nitrogens with one attached hydrogen (secondary N) is 2. The van der Waals surface area contributed by atoms with Crippen LogP contribution in [0.4, 0.5) is 11.4 Å². The Kier molecular flexibility index (Phi) is 9.76. The minimum atomic E-state index is -0.885. The highest BCUT2D eigenvalue weighted by atomic mass is 16.5. The van der Waals surface area contributed by atoms with E-state index >= 15 is 0 Å². The molecule has 9 heteroatoms. The number of hydrogen-bond acceptors (Lipinski definition) is 7. The Hall–Kier alpha value is -4.63. The molecule has 0 aliphatic rings. The van der Waals surface area contributed by atoms with Gasteiger partial charge in [-0.3, -0.25) is 19.6 Å². The quantitative estimate of drug-likeness (QED) is 0.156. The lowest BCUT2D eigenvalue weighted by Gasteiger charge is -2.29. The predicted octanol–water partition coefficient (Wildman–Crippen LogP) is 5.51. The van der Waals surface area contributed by atoms with Gasteiger partial charge in [-0.05, 0) is 79.7 Å². The Morgan fingerprint density at radius 1 is 0.976 bits per heavy atom. The third kappa shape index (κ3) is 7.52. The van der Waals surface area contributed by atoms with Crippen LogP contribution in [-0.4, -0.2) is 29.5 Å². The van der Waals surface area contributed by atoms with Crippen LogP contribution < -0.4 is 31.0 Å². The average molecular weight is 556 g/mol. The molecule has 0 saturated carbocycles. The molecule has 3 aromatic carbocycles. The molecule has 2 amide bonds. The van der Waals surface area contributed by atoms with Crippen molar-refractivity contribution >= 4 is 34.0 Å². The first-order valence-electron chi connectivity index (χ1n) is 13.8. The van der Waals surface area contributed by atoms with Crippen molar-refractivity contribution in [2.24, 2.45) is 5.84 Å². The van der Waals surface area contributed by atoms with Crippen LogP contribution in [0.1, 0.15) is 51.3 Å². The fourth-order valence-corrected chi connectivity index (χ4v) is 4.43. The molecule has 1 atom stereocenters. The Morgan fingerprint density at radius 3 is 2.56 bits per heavy atom. The fraction of sp³-hybridized carbons (Fsp3) is 0.281. The summed E-state index contributed by atoms with van der Waals surface area (Å²) in [4.78, 5) is 29.9. The number of nitrogens with zero attached hydrogens (tertiary/aromatic N) is 2. The number of carbonyl (C=O) groups is 2. The maximum absolute atomic E-state index is 13.9. The molecule has 1 unspecified atom stereocenters. The van der Waals surface area contributed by atoms with Gasteiger partial charge in [0.25, 0.3) is 0 Å². The molecular formula is C32H37N5O4. The largest absolute Gasteiger partial charge is 0.490 e. The van der Waals surface area contributed by atoms with Gasteiger partial charge >= 0.3 is 0 Å². The number of rotatable bonds is 12. The normalized spacial score (nSPS) is 11.7. The predicted molar refractivity (Wildman–Crippen MR) is 162 cm³/mol. The molecule has 0 aliphatic heterocycles. The van der Waals surface area contributed by atoms with Crippen LogP contribution in [0.5, 0.6) is 11.5 Å². The third-order valence-electron chi connectivity index (χ3n) is 6.39. The van der Waals surface area contributed by atoms with Crippen LogP contribution in [0.3, 0.4) is 0 Å². The first-order chi connectivity index (χ1) is 19.8. The first kappa shape index (κ1) is 29.4. The standard InChI is InChI=1S/C32H37N5O4/c1-5-30(38)36-26-9-7-8-22(16-26)19-35-32(39)31(24-11-13-28(41-21(3)4)29(18-24)40-6-2)37(33)27-12-10-25-20-34-15-14-23(25)17-27/h7-18,20-21,31H,5-6,19,33H2,1-4H3,(H,35,39)(H,36,38). The van der Waals surface area contributed by atoms with Crippen molar-refractivity contribution in [3.63, 3.8) is 0 Å². The Bertz CT molecular complexity index is 1510. The summed E-state index contributed by atoms with van der Waals surface area (Å²) in [5.74, 6) is 7.46. The number of benzene rings is 3. The average Bonchev–Trinajstić information content (AvgIpc) is 2.97. The lowest BCUT2D eigenvalue weighted by molar-refractivity contribution is -0.122. The second kappa shape index (κ2) is 13.6. The number of anilines is 2. The van der Waals surface area contributed by atoms with Gasteiger partial charge in [0, 0.05) is 36.4 Å². The number of ether oxygens (including phenoxy) is 2. The molecule has 4 N–H and O–H groups in total. The number of pyridine rings is 1. The third-order valence-corrected chi connectivity index (χ3v) is 6.39. The van der Waals surface area contributed by atoms with Crippen molar-refractivity contribution in [2.75, 3.05) is 16.9 Å². The second-order valence-electron chi connectivity index (χ2n) is 9.84. The van der Waals surface area contributed by atoms with Gasteiger partial charge in [-0.2, -0.15) is 0 Å². The molecule has 0 bridgehead atoms. The van der Waals surface area contributed by atoms with Crippen LogP contribution in [0.25, 0.3) is 10.8 Å². The summed E-state index contributed by atoms with van der Waals surface area (Å²) in [6, 6.07) is 19.6. The summed E-state index contributed by atoms with van der Waals surface area (Å²) in [6.45, 7) is 8.26. The molecule has 4 rings (SSSR count). The van der Waals surface area contributed by atoms with Crippen LogP contribution >= 0.6 is 0 Å². The number of nitrogens with two attached hydrogens (primary N) is 1. The van der Waals surface area contributed by atoms with Gasteiger partial charge in [-0.15, -0.1) is 0 Å². The van der Waals surface area contributed by atoms with Gasteiger partial charge in [0.05, 0.1) is 18.4 Å². The van der Waals surface area contributed by atoms with Crippen LogP contribution in [0, 0.1) is 0 Å². The van der Waals surface area contributed by atoms with Crippen molar-refractivity contribution in [1.82, 2.24) is 10.3 Å². The topological polar surface area (TPSA) is 119 Å². The highest BCUT2D eigenvalue weighted by Gasteiger charge is 2.28. The zero-order valence-electron chi connectivity index (χ0n) is 23.9. The summed E-state index contributed by atoms with van der Waals surface area (Å²) in [5.41, 5.74) is 2.81. The number of hydrazine groups is 1. The molecule has 9 nitrogen and oxygen atoms in total. The Balaban J connectivity index is 1.66. The van der Waals surface area contributed by atoms with Gasteiger partial charge in [-0.1, -0.05) is 31.2 Å². The lowest BCUT2D eigenvalue weighted by atomic mass is 10.0. The minimum absolute atomic E-state index is 0.0462. The van der Waals surface area contributed by atoms with E-state index in [1.807, 2.05) is 75.4 Å². The zero-order valence-corrected chi connectivity index (χ0v) is 23.9. The summed E-state index contributed by atoms with van der Waals surface area (Å²) < 4.78 is 11.8. The Labute approximate surface area is 240 Å². The molecular weight excluding hydrogens is 518 g/mol.